The van der Waals surface area contributed by atoms with Gasteiger partial charge in [-0.1, -0.05) is 32.6 Å². The summed E-state index contributed by atoms with van der Waals surface area (Å²) in [5, 5.41) is -0.373. The molecule has 0 aromatic rings. The van der Waals surface area contributed by atoms with E-state index in [0.717, 1.165) is 19.3 Å². The zero-order valence-corrected chi connectivity index (χ0v) is 12.9. The van der Waals surface area contributed by atoms with Crippen LogP contribution in [0.15, 0.2) is 0 Å². The third-order valence-electron chi connectivity index (χ3n) is 3.74. The van der Waals surface area contributed by atoms with Crippen LogP contribution in [-0.2, 0) is 19.6 Å². The maximum absolute atomic E-state index is 12.4. The summed E-state index contributed by atoms with van der Waals surface area (Å²) in [6.45, 7) is 3.51. The molecule has 0 radical (unpaired) electrons. The molecule has 1 aliphatic carbocycles. The van der Waals surface area contributed by atoms with Crippen LogP contribution in [0.2, 0.25) is 0 Å². The van der Waals surface area contributed by atoms with Crippen molar-refractivity contribution in [2.24, 2.45) is 0 Å². The number of esters is 1. The van der Waals surface area contributed by atoms with Crippen molar-refractivity contribution in [3.05, 3.63) is 0 Å². The first-order valence-corrected chi connectivity index (χ1v) is 8.51. The van der Waals surface area contributed by atoms with Gasteiger partial charge in [-0.15, -0.1) is 0 Å². The van der Waals surface area contributed by atoms with Crippen LogP contribution >= 0.6 is 0 Å². The molecule has 0 amide bonds. The minimum Gasteiger partial charge on any atom is -0.468 e. The molecule has 112 valence electrons. The molecule has 0 saturated heterocycles. The van der Waals surface area contributed by atoms with Crippen molar-refractivity contribution in [2.75, 3.05) is 7.11 Å². The van der Waals surface area contributed by atoms with Crippen molar-refractivity contribution in [3.8, 4) is 0 Å². The number of sulfonamides is 1. The average molecular weight is 291 g/mol. The fraction of sp³-hybridized carbons (Fsp3) is 0.923. The maximum atomic E-state index is 12.4. The maximum Gasteiger partial charge on any atom is 0.326 e. The summed E-state index contributed by atoms with van der Waals surface area (Å²) in [4.78, 5) is 11.8. The molecule has 1 saturated carbocycles. The van der Waals surface area contributed by atoms with Gasteiger partial charge < -0.3 is 4.74 Å². The second-order valence-electron chi connectivity index (χ2n) is 5.48. The summed E-state index contributed by atoms with van der Waals surface area (Å²) in [7, 11) is -2.19. The highest BCUT2D eigenvalue weighted by molar-refractivity contribution is 7.90. The lowest BCUT2D eigenvalue weighted by atomic mass is 9.98. The van der Waals surface area contributed by atoms with Crippen LogP contribution in [0.3, 0.4) is 0 Å². The molecule has 1 unspecified atom stereocenters. The summed E-state index contributed by atoms with van der Waals surface area (Å²) in [6.07, 6.45) is 5.47. The fourth-order valence-electron chi connectivity index (χ4n) is 2.69. The lowest BCUT2D eigenvalue weighted by molar-refractivity contribution is -0.147. The number of methoxy groups -OCH3 is 1. The molecule has 0 bridgehead atoms. The molecule has 0 aromatic heterocycles. The van der Waals surface area contributed by atoms with Gasteiger partial charge in [0.2, 0.25) is 10.0 Å². The fourth-order valence-corrected chi connectivity index (χ4v) is 4.63. The van der Waals surface area contributed by atoms with Gasteiger partial charge in [0.05, 0.1) is 12.4 Å². The molecule has 0 spiro atoms. The number of nitrogens with one attached hydrogen (secondary N) is 1. The number of carbonyl (C=O) groups excluding carboxylic acids is 1. The summed E-state index contributed by atoms with van der Waals surface area (Å²) in [5.74, 6) is -0.520. The Morgan fingerprint density at radius 2 is 1.89 bits per heavy atom. The topological polar surface area (TPSA) is 72.5 Å². The zero-order valence-electron chi connectivity index (χ0n) is 12.1. The Hall–Kier alpha value is -0.620. The number of ether oxygens (including phenoxy) is 1. The van der Waals surface area contributed by atoms with Crippen LogP contribution in [0.25, 0.3) is 0 Å². The minimum absolute atomic E-state index is 0.373. The first kappa shape index (κ1) is 16.4. The Bertz CT molecular complexity index is 401. The van der Waals surface area contributed by atoms with Gasteiger partial charge >= 0.3 is 5.97 Å². The van der Waals surface area contributed by atoms with Crippen LogP contribution in [0, 0.1) is 0 Å². The number of rotatable bonds is 6. The van der Waals surface area contributed by atoms with Crippen LogP contribution in [0.4, 0.5) is 0 Å². The molecule has 1 fully saturated rings. The normalized spacial score (nSPS) is 20.8. The molecule has 1 aliphatic rings. The van der Waals surface area contributed by atoms with E-state index in [1.807, 2.05) is 6.92 Å². The summed E-state index contributed by atoms with van der Waals surface area (Å²) in [5.41, 5.74) is -1.15. The van der Waals surface area contributed by atoms with Crippen LogP contribution in [0.1, 0.15) is 58.8 Å². The van der Waals surface area contributed by atoms with Crippen molar-refractivity contribution < 1.29 is 17.9 Å². The van der Waals surface area contributed by atoms with Crippen molar-refractivity contribution in [1.82, 2.24) is 4.72 Å². The highest BCUT2D eigenvalue weighted by atomic mass is 32.2. The Labute approximate surface area is 116 Å². The lowest BCUT2D eigenvalue weighted by Crippen LogP contribution is -2.55. The van der Waals surface area contributed by atoms with E-state index in [1.54, 1.807) is 6.92 Å². The monoisotopic (exact) mass is 291 g/mol. The average Bonchev–Trinajstić information content (AvgIpc) is 2.38. The Balaban J connectivity index is 2.85. The summed E-state index contributed by atoms with van der Waals surface area (Å²) < 4.78 is 32.1. The molecule has 0 aromatic carbocycles. The Morgan fingerprint density at radius 1 is 1.32 bits per heavy atom. The number of carbonyl (C=O) groups is 1. The highest BCUT2D eigenvalue weighted by Crippen LogP contribution is 2.25. The Morgan fingerprint density at radius 3 is 2.37 bits per heavy atom. The molecule has 0 aliphatic heterocycles. The largest absolute Gasteiger partial charge is 0.468 e. The van der Waals surface area contributed by atoms with Gasteiger partial charge in [-0.25, -0.2) is 8.42 Å². The van der Waals surface area contributed by atoms with Crippen LogP contribution in [-0.4, -0.2) is 32.3 Å². The highest BCUT2D eigenvalue weighted by Gasteiger charge is 2.40. The third-order valence-corrected chi connectivity index (χ3v) is 5.83. The van der Waals surface area contributed by atoms with Gasteiger partial charge in [0.1, 0.15) is 5.54 Å². The predicted octanol–water partition coefficient (Wildman–Crippen LogP) is 1.97. The van der Waals surface area contributed by atoms with Gasteiger partial charge in [-0.05, 0) is 26.2 Å². The quantitative estimate of drug-likeness (QED) is 0.759. The van der Waals surface area contributed by atoms with Crippen LogP contribution in [0.5, 0.6) is 0 Å². The van der Waals surface area contributed by atoms with Gasteiger partial charge in [-0.3, -0.25) is 4.79 Å². The van der Waals surface area contributed by atoms with Gasteiger partial charge in [0.15, 0.2) is 0 Å². The van der Waals surface area contributed by atoms with Crippen molar-refractivity contribution in [2.45, 2.75) is 69.6 Å². The predicted molar refractivity (Wildman–Crippen MR) is 74.3 cm³/mol. The number of hydrogen-bond donors (Lipinski definition) is 1. The van der Waals surface area contributed by atoms with Crippen molar-refractivity contribution >= 4 is 16.0 Å². The molecule has 19 heavy (non-hydrogen) atoms. The molecular weight excluding hydrogens is 266 g/mol. The molecule has 1 atom stereocenters. The van der Waals surface area contributed by atoms with E-state index in [1.165, 1.54) is 7.11 Å². The standard InChI is InChI=1S/C13H25NO4S/c1-4-10-13(2,12(15)18-3)14-19(16,17)11-8-6-5-7-9-11/h11,14H,4-10H2,1-3H3. The molecular formula is C13H25NO4S. The van der Waals surface area contributed by atoms with Crippen molar-refractivity contribution in [3.63, 3.8) is 0 Å². The molecule has 5 nitrogen and oxygen atoms in total. The van der Waals surface area contributed by atoms with E-state index in [2.05, 4.69) is 4.72 Å². The lowest BCUT2D eigenvalue weighted by Gasteiger charge is -2.31. The first-order valence-electron chi connectivity index (χ1n) is 6.97. The molecule has 0 heterocycles. The second-order valence-corrected chi connectivity index (χ2v) is 7.44. The molecule has 6 heteroatoms. The summed E-state index contributed by atoms with van der Waals surface area (Å²) >= 11 is 0. The van der Waals surface area contributed by atoms with Crippen molar-refractivity contribution in [1.29, 1.82) is 0 Å². The SMILES string of the molecule is CCCC(C)(NS(=O)(=O)C1CCCCC1)C(=O)OC. The van der Waals surface area contributed by atoms with E-state index in [0.29, 0.717) is 25.7 Å². The third kappa shape index (κ3) is 4.18. The van der Waals surface area contributed by atoms with E-state index in [4.69, 9.17) is 4.74 Å². The zero-order chi connectivity index (χ0) is 14.5. The van der Waals surface area contributed by atoms with Crippen LogP contribution < -0.4 is 4.72 Å². The molecule has 1 N–H and O–H groups in total. The smallest absolute Gasteiger partial charge is 0.326 e. The minimum atomic E-state index is -3.47. The molecule has 1 rings (SSSR count). The van der Waals surface area contributed by atoms with E-state index in [9.17, 15) is 13.2 Å². The second kappa shape index (κ2) is 6.70. The van der Waals surface area contributed by atoms with Gasteiger partial charge in [0, 0.05) is 0 Å². The van der Waals surface area contributed by atoms with E-state index < -0.39 is 21.5 Å². The van der Waals surface area contributed by atoms with E-state index >= 15 is 0 Å². The first-order chi connectivity index (χ1) is 8.85. The Kier molecular flexibility index (Phi) is 5.80. The summed E-state index contributed by atoms with van der Waals surface area (Å²) in [6, 6.07) is 0. The van der Waals surface area contributed by atoms with Gasteiger partial charge in [-0.2, -0.15) is 4.72 Å². The number of hydrogen-bond acceptors (Lipinski definition) is 4. The van der Waals surface area contributed by atoms with Gasteiger partial charge in [0.25, 0.3) is 0 Å². The van der Waals surface area contributed by atoms with E-state index in [-0.39, 0.29) is 5.25 Å².